The quantitative estimate of drug-likeness (QED) is 0.764. The lowest BCUT2D eigenvalue weighted by Crippen LogP contribution is -2.47. The molecular formula is C10H15Cl2NS. The van der Waals surface area contributed by atoms with E-state index in [2.05, 4.69) is 29.1 Å². The van der Waals surface area contributed by atoms with E-state index in [0.29, 0.717) is 11.8 Å². The van der Waals surface area contributed by atoms with Crippen LogP contribution in [0, 0.1) is 0 Å². The Hall–Kier alpha value is 0.240. The van der Waals surface area contributed by atoms with Gasteiger partial charge in [0.25, 0.3) is 0 Å². The van der Waals surface area contributed by atoms with Crippen molar-refractivity contribution < 1.29 is 0 Å². The van der Waals surface area contributed by atoms with Crippen LogP contribution in [0.2, 0.25) is 0 Å². The molecule has 80 valence electrons. The highest BCUT2D eigenvalue weighted by atomic mass is 35.5. The minimum absolute atomic E-state index is 0.120. The average molecular weight is 252 g/mol. The third kappa shape index (κ3) is 3.13. The van der Waals surface area contributed by atoms with Gasteiger partial charge in [-0.25, -0.2) is 0 Å². The Labute approximate surface area is 99.4 Å². The Morgan fingerprint density at radius 3 is 2.57 bits per heavy atom. The lowest BCUT2D eigenvalue weighted by molar-refractivity contribution is 0.385. The van der Waals surface area contributed by atoms with Crippen LogP contribution in [0.25, 0.3) is 0 Å². The summed E-state index contributed by atoms with van der Waals surface area (Å²) in [6, 6.07) is 2.11. The fourth-order valence-electron chi connectivity index (χ4n) is 1.13. The number of alkyl halides is 2. The molecular weight excluding hydrogens is 237 g/mol. The Morgan fingerprint density at radius 1 is 1.43 bits per heavy atom. The maximum atomic E-state index is 5.92. The van der Waals surface area contributed by atoms with Gasteiger partial charge in [0.2, 0.25) is 0 Å². The second-order valence-corrected chi connectivity index (χ2v) is 4.70. The summed E-state index contributed by atoms with van der Waals surface area (Å²) in [7, 11) is 0. The molecule has 0 bridgehead atoms. The highest BCUT2D eigenvalue weighted by Gasteiger charge is 2.25. The summed E-state index contributed by atoms with van der Waals surface area (Å²) in [5.74, 6) is 1.11. The maximum Gasteiger partial charge on any atom is 0.0453 e. The molecule has 0 unspecified atom stereocenters. The third-order valence-corrected chi connectivity index (χ3v) is 4.19. The fourth-order valence-corrected chi connectivity index (χ4v) is 2.65. The molecule has 1 N–H and O–H groups in total. The summed E-state index contributed by atoms with van der Waals surface area (Å²) in [6.45, 7) is 2.95. The third-order valence-electron chi connectivity index (χ3n) is 2.44. The lowest BCUT2D eigenvalue weighted by atomic mass is 10.0. The van der Waals surface area contributed by atoms with E-state index in [1.165, 1.54) is 5.56 Å². The molecule has 0 radical (unpaired) electrons. The van der Waals surface area contributed by atoms with Crippen molar-refractivity contribution in [3.8, 4) is 0 Å². The van der Waals surface area contributed by atoms with E-state index in [0.717, 1.165) is 13.0 Å². The first kappa shape index (κ1) is 12.3. The van der Waals surface area contributed by atoms with Crippen LogP contribution in [0.5, 0.6) is 0 Å². The summed E-state index contributed by atoms with van der Waals surface area (Å²) in [6.07, 6.45) is 0.949. The van der Waals surface area contributed by atoms with Gasteiger partial charge in [0.1, 0.15) is 0 Å². The van der Waals surface area contributed by atoms with Crippen molar-refractivity contribution in [2.24, 2.45) is 0 Å². The van der Waals surface area contributed by atoms with Crippen molar-refractivity contribution >= 4 is 34.5 Å². The van der Waals surface area contributed by atoms with Gasteiger partial charge in [-0.3, -0.25) is 0 Å². The summed E-state index contributed by atoms with van der Waals surface area (Å²) in [5.41, 5.74) is 1.17. The van der Waals surface area contributed by atoms with Gasteiger partial charge < -0.3 is 5.32 Å². The van der Waals surface area contributed by atoms with Gasteiger partial charge in [-0.1, -0.05) is 6.92 Å². The number of halogens is 2. The van der Waals surface area contributed by atoms with E-state index in [9.17, 15) is 0 Å². The molecule has 4 heteroatoms. The standard InChI is InChI=1S/C10H15Cl2NS/c1-2-10(7-11,8-12)13-5-9-3-4-14-6-9/h3-4,6,13H,2,5,7-8H2,1H3. The predicted octanol–water partition coefficient (Wildman–Crippen LogP) is 3.46. The SMILES string of the molecule is CCC(CCl)(CCl)NCc1ccsc1. The Morgan fingerprint density at radius 2 is 2.14 bits per heavy atom. The molecule has 0 fully saturated rings. The van der Waals surface area contributed by atoms with Gasteiger partial charge in [0, 0.05) is 23.8 Å². The molecule has 0 atom stereocenters. The number of rotatable bonds is 6. The van der Waals surface area contributed by atoms with Gasteiger partial charge in [-0.2, -0.15) is 11.3 Å². The molecule has 0 aliphatic rings. The predicted molar refractivity (Wildman–Crippen MR) is 65.6 cm³/mol. The Bertz CT molecular complexity index is 236. The zero-order valence-electron chi connectivity index (χ0n) is 8.22. The molecule has 1 aromatic rings. The molecule has 0 aromatic carbocycles. The van der Waals surface area contributed by atoms with Crippen molar-refractivity contribution in [3.63, 3.8) is 0 Å². The number of hydrogen-bond acceptors (Lipinski definition) is 2. The number of thiophene rings is 1. The summed E-state index contributed by atoms with van der Waals surface area (Å²) < 4.78 is 0. The van der Waals surface area contributed by atoms with Crippen molar-refractivity contribution in [1.82, 2.24) is 5.32 Å². The smallest absolute Gasteiger partial charge is 0.0453 e. The highest BCUT2D eigenvalue weighted by molar-refractivity contribution is 7.07. The fraction of sp³-hybridized carbons (Fsp3) is 0.600. The van der Waals surface area contributed by atoms with E-state index in [-0.39, 0.29) is 5.54 Å². The summed E-state index contributed by atoms with van der Waals surface area (Å²) in [4.78, 5) is 0. The van der Waals surface area contributed by atoms with Gasteiger partial charge in [-0.15, -0.1) is 23.2 Å². The zero-order chi connectivity index (χ0) is 10.4. The van der Waals surface area contributed by atoms with Crippen LogP contribution in [0.4, 0.5) is 0 Å². The molecule has 1 rings (SSSR count). The molecule has 0 amide bonds. The normalized spacial score (nSPS) is 11.9. The van der Waals surface area contributed by atoms with Crippen molar-refractivity contribution in [2.45, 2.75) is 25.4 Å². The van der Waals surface area contributed by atoms with Crippen LogP contribution in [0.15, 0.2) is 16.8 Å². The van der Waals surface area contributed by atoms with E-state index in [4.69, 9.17) is 23.2 Å². The molecule has 0 aliphatic heterocycles. The van der Waals surface area contributed by atoms with Gasteiger partial charge in [-0.05, 0) is 28.8 Å². The minimum atomic E-state index is -0.120. The molecule has 1 heterocycles. The van der Waals surface area contributed by atoms with Gasteiger partial charge in [0.05, 0.1) is 0 Å². The monoisotopic (exact) mass is 251 g/mol. The molecule has 0 saturated carbocycles. The first-order valence-electron chi connectivity index (χ1n) is 4.64. The van der Waals surface area contributed by atoms with Gasteiger partial charge >= 0.3 is 0 Å². The Balaban J connectivity index is 2.48. The second kappa shape index (κ2) is 5.96. The number of hydrogen-bond donors (Lipinski definition) is 1. The van der Waals surface area contributed by atoms with Crippen LogP contribution < -0.4 is 5.32 Å². The van der Waals surface area contributed by atoms with E-state index in [1.54, 1.807) is 11.3 Å². The van der Waals surface area contributed by atoms with Crippen molar-refractivity contribution in [1.29, 1.82) is 0 Å². The summed E-state index contributed by atoms with van der Waals surface area (Å²) >= 11 is 13.5. The largest absolute Gasteiger partial charge is 0.305 e. The molecule has 0 spiro atoms. The van der Waals surface area contributed by atoms with E-state index >= 15 is 0 Å². The lowest BCUT2D eigenvalue weighted by Gasteiger charge is -2.29. The van der Waals surface area contributed by atoms with Crippen molar-refractivity contribution in [3.05, 3.63) is 22.4 Å². The molecule has 0 saturated heterocycles. The highest BCUT2D eigenvalue weighted by Crippen LogP contribution is 2.16. The maximum absolute atomic E-state index is 5.92. The van der Waals surface area contributed by atoms with Crippen LogP contribution in [0.3, 0.4) is 0 Å². The first-order valence-corrected chi connectivity index (χ1v) is 6.65. The molecule has 0 aliphatic carbocycles. The molecule has 1 nitrogen and oxygen atoms in total. The van der Waals surface area contributed by atoms with Crippen LogP contribution >= 0.6 is 34.5 Å². The van der Waals surface area contributed by atoms with Gasteiger partial charge in [0.15, 0.2) is 0 Å². The van der Waals surface area contributed by atoms with Crippen LogP contribution in [-0.4, -0.2) is 17.3 Å². The van der Waals surface area contributed by atoms with Crippen LogP contribution in [-0.2, 0) is 6.54 Å². The first-order chi connectivity index (χ1) is 6.76. The minimum Gasteiger partial charge on any atom is -0.305 e. The Kier molecular flexibility index (Phi) is 5.24. The zero-order valence-corrected chi connectivity index (χ0v) is 10.6. The van der Waals surface area contributed by atoms with Crippen molar-refractivity contribution in [2.75, 3.05) is 11.8 Å². The van der Waals surface area contributed by atoms with Crippen LogP contribution in [0.1, 0.15) is 18.9 Å². The number of nitrogens with one attached hydrogen (secondary N) is 1. The molecule has 1 aromatic heterocycles. The van der Waals surface area contributed by atoms with E-state index in [1.807, 2.05) is 0 Å². The van der Waals surface area contributed by atoms with E-state index < -0.39 is 0 Å². The summed E-state index contributed by atoms with van der Waals surface area (Å²) in [5, 5.41) is 7.64. The topological polar surface area (TPSA) is 12.0 Å². The average Bonchev–Trinajstić information content (AvgIpc) is 2.74. The molecule has 14 heavy (non-hydrogen) atoms. The second-order valence-electron chi connectivity index (χ2n) is 3.39.